The molecule has 0 unspecified atom stereocenters. The quantitative estimate of drug-likeness (QED) is 0.904. The Morgan fingerprint density at radius 1 is 1.29 bits per heavy atom. The summed E-state index contributed by atoms with van der Waals surface area (Å²) in [7, 11) is 0. The zero-order chi connectivity index (χ0) is 12.4. The van der Waals surface area contributed by atoms with E-state index < -0.39 is 11.6 Å². The van der Waals surface area contributed by atoms with Gasteiger partial charge in [0.25, 0.3) is 0 Å². The number of hydrogen-bond donors (Lipinski definition) is 1. The lowest BCUT2D eigenvalue weighted by molar-refractivity contribution is 0.582. The van der Waals surface area contributed by atoms with Crippen molar-refractivity contribution < 1.29 is 8.78 Å². The maximum Gasteiger partial charge on any atom is 0.152 e. The highest BCUT2D eigenvalue weighted by atomic mass is 32.1. The predicted molar refractivity (Wildman–Crippen MR) is 65.3 cm³/mol. The Kier molecular flexibility index (Phi) is 3.38. The number of aromatic nitrogens is 1. The van der Waals surface area contributed by atoms with Gasteiger partial charge in [-0.1, -0.05) is 6.07 Å². The summed E-state index contributed by atoms with van der Waals surface area (Å²) < 4.78 is 27.1. The fraction of sp³-hybridized carbons (Fsp3) is 0.250. The molecule has 90 valence electrons. The minimum absolute atomic E-state index is 0.0853. The number of thiazole rings is 1. The Bertz CT molecular complexity index is 537. The van der Waals surface area contributed by atoms with Crippen LogP contribution >= 0.6 is 11.3 Å². The Morgan fingerprint density at radius 3 is 2.71 bits per heavy atom. The molecule has 0 amide bonds. The van der Waals surface area contributed by atoms with Gasteiger partial charge in [-0.05, 0) is 25.5 Å². The third-order valence-corrected chi connectivity index (χ3v) is 3.33. The van der Waals surface area contributed by atoms with Crippen molar-refractivity contribution in [2.24, 2.45) is 0 Å². The van der Waals surface area contributed by atoms with Crippen molar-refractivity contribution >= 4 is 17.0 Å². The summed E-state index contributed by atoms with van der Waals surface area (Å²) in [5.74, 6) is -1.13. The van der Waals surface area contributed by atoms with Crippen molar-refractivity contribution in [2.75, 3.05) is 5.32 Å². The first-order chi connectivity index (χ1) is 8.08. The number of aryl methyl sites for hydroxylation is 2. The summed E-state index contributed by atoms with van der Waals surface area (Å²) in [5, 5.41) is 5.46. The van der Waals surface area contributed by atoms with Gasteiger partial charge in [-0.15, -0.1) is 11.3 Å². The molecule has 2 rings (SSSR count). The lowest BCUT2D eigenvalue weighted by Gasteiger charge is -2.08. The molecule has 0 saturated heterocycles. The van der Waals surface area contributed by atoms with Crippen molar-refractivity contribution in [3.05, 3.63) is 45.4 Å². The normalized spacial score (nSPS) is 10.6. The lowest BCUT2D eigenvalue weighted by atomic mass is 10.2. The average Bonchev–Trinajstić information content (AvgIpc) is 2.70. The average molecular weight is 254 g/mol. The van der Waals surface area contributed by atoms with Crippen LogP contribution in [0.5, 0.6) is 0 Å². The van der Waals surface area contributed by atoms with Gasteiger partial charge in [0.05, 0.1) is 6.54 Å². The molecule has 1 aromatic carbocycles. The Hall–Kier alpha value is -1.49. The number of rotatable bonds is 3. The smallest absolute Gasteiger partial charge is 0.152 e. The van der Waals surface area contributed by atoms with E-state index in [1.165, 1.54) is 23.5 Å². The van der Waals surface area contributed by atoms with E-state index in [0.717, 1.165) is 10.7 Å². The summed E-state index contributed by atoms with van der Waals surface area (Å²) in [6.07, 6.45) is 0. The molecule has 0 aliphatic rings. The molecular weight excluding hydrogens is 242 g/mol. The number of nitrogens with zero attached hydrogens (tertiary/aromatic N) is 1. The van der Waals surface area contributed by atoms with E-state index in [2.05, 4.69) is 10.3 Å². The summed E-state index contributed by atoms with van der Waals surface area (Å²) in [6.45, 7) is 3.82. The van der Waals surface area contributed by atoms with E-state index in [4.69, 9.17) is 0 Å². The van der Waals surface area contributed by atoms with Gasteiger partial charge < -0.3 is 5.32 Å². The Balaban J connectivity index is 2.16. The summed E-state index contributed by atoms with van der Waals surface area (Å²) in [4.78, 5) is 4.22. The van der Waals surface area contributed by atoms with Gasteiger partial charge in [0.15, 0.2) is 5.82 Å². The number of nitrogens with one attached hydrogen (secondary N) is 1. The number of halogens is 2. The van der Waals surface area contributed by atoms with E-state index in [9.17, 15) is 8.78 Å². The molecule has 0 saturated carbocycles. The molecule has 0 atom stereocenters. The minimum atomic E-state index is -0.582. The standard InChI is InChI=1S/C12H12F2N2S/c1-7-3-4-9(13)12(11(7)14)15-5-10-16-8(2)6-17-10/h3-4,6,15H,5H2,1-2H3. The van der Waals surface area contributed by atoms with Crippen LogP contribution in [0.4, 0.5) is 14.5 Å². The maximum absolute atomic E-state index is 13.7. The Morgan fingerprint density at radius 2 is 2.06 bits per heavy atom. The molecule has 1 heterocycles. The zero-order valence-corrected chi connectivity index (χ0v) is 10.4. The SMILES string of the molecule is Cc1csc(CNc2c(F)ccc(C)c2F)n1. The van der Waals surface area contributed by atoms with E-state index in [1.54, 1.807) is 6.92 Å². The summed E-state index contributed by atoms with van der Waals surface area (Å²) in [5.41, 5.74) is 1.25. The predicted octanol–water partition coefficient (Wildman–Crippen LogP) is 3.65. The van der Waals surface area contributed by atoms with Crippen LogP contribution in [0.1, 0.15) is 16.3 Å². The van der Waals surface area contributed by atoms with E-state index >= 15 is 0 Å². The maximum atomic E-state index is 13.7. The topological polar surface area (TPSA) is 24.9 Å². The molecule has 2 aromatic rings. The molecule has 0 aliphatic heterocycles. The molecule has 0 bridgehead atoms. The van der Waals surface area contributed by atoms with Crippen molar-refractivity contribution in [3.63, 3.8) is 0 Å². The minimum Gasteiger partial charge on any atom is -0.374 e. The molecular formula is C12H12F2N2S. The molecule has 0 spiro atoms. The van der Waals surface area contributed by atoms with Crippen LogP contribution in [0.3, 0.4) is 0 Å². The Labute approximate surface area is 102 Å². The van der Waals surface area contributed by atoms with Crippen LogP contribution in [0, 0.1) is 25.5 Å². The highest BCUT2D eigenvalue weighted by Crippen LogP contribution is 2.22. The number of hydrogen-bond acceptors (Lipinski definition) is 3. The van der Waals surface area contributed by atoms with Crippen LogP contribution < -0.4 is 5.32 Å². The van der Waals surface area contributed by atoms with E-state index in [1.807, 2.05) is 12.3 Å². The van der Waals surface area contributed by atoms with Crippen LogP contribution in [0.2, 0.25) is 0 Å². The van der Waals surface area contributed by atoms with Crippen molar-refractivity contribution in [2.45, 2.75) is 20.4 Å². The molecule has 5 heteroatoms. The second-order valence-electron chi connectivity index (χ2n) is 3.79. The second kappa shape index (κ2) is 4.79. The number of benzene rings is 1. The van der Waals surface area contributed by atoms with Gasteiger partial charge >= 0.3 is 0 Å². The number of anilines is 1. The van der Waals surface area contributed by atoms with Crippen molar-refractivity contribution in [1.82, 2.24) is 4.98 Å². The van der Waals surface area contributed by atoms with Crippen LogP contribution in [-0.4, -0.2) is 4.98 Å². The largest absolute Gasteiger partial charge is 0.374 e. The highest BCUT2D eigenvalue weighted by Gasteiger charge is 2.11. The van der Waals surface area contributed by atoms with Crippen LogP contribution in [0.25, 0.3) is 0 Å². The highest BCUT2D eigenvalue weighted by molar-refractivity contribution is 7.09. The summed E-state index contributed by atoms with van der Waals surface area (Å²) >= 11 is 1.47. The molecule has 0 radical (unpaired) electrons. The third-order valence-electron chi connectivity index (χ3n) is 2.37. The molecule has 1 aromatic heterocycles. The molecule has 2 nitrogen and oxygen atoms in total. The first-order valence-electron chi connectivity index (χ1n) is 5.17. The first-order valence-corrected chi connectivity index (χ1v) is 6.05. The van der Waals surface area contributed by atoms with Gasteiger partial charge in [0.1, 0.15) is 16.5 Å². The fourth-order valence-electron chi connectivity index (χ4n) is 1.47. The van der Waals surface area contributed by atoms with Gasteiger partial charge in [-0.25, -0.2) is 13.8 Å². The van der Waals surface area contributed by atoms with Gasteiger partial charge in [0.2, 0.25) is 0 Å². The van der Waals surface area contributed by atoms with Crippen LogP contribution in [0.15, 0.2) is 17.5 Å². The first kappa shape index (κ1) is 12.0. The van der Waals surface area contributed by atoms with E-state index in [0.29, 0.717) is 12.1 Å². The zero-order valence-electron chi connectivity index (χ0n) is 9.55. The molecule has 0 fully saturated rings. The third kappa shape index (κ3) is 2.61. The van der Waals surface area contributed by atoms with E-state index in [-0.39, 0.29) is 5.69 Å². The molecule has 17 heavy (non-hydrogen) atoms. The molecule has 0 aliphatic carbocycles. The van der Waals surface area contributed by atoms with Gasteiger partial charge in [0, 0.05) is 11.1 Å². The van der Waals surface area contributed by atoms with Gasteiger partial charge in [-0.3, -0.25) is 0 Å². The fourth-order valence-corrected chi connectivity index (χ4v) is 2.18. The summed E-state index contributed by atoms with van der Waals surface area (Å²) in [6, 6.07) is 2.68. The second-order valence-corrected chi connectivity index (χ2v) is 4.73. The van der Waals surface area contributed by atoms with Gasteiger partial charge in [-0.2, -0.15) is 0 Å². The lowest BCUT2D eigenvalue weighted by Crippen LogP contribution is -2.04. The van der Waals surface area contributed by atoms with Crippen molar-refractivity contribution in [3.8, 4) is 0 Å². The van der Waals surface area contributed by atoms with Crippen LogP contribution in [-0.2, 0) is 6.54 Å². The molecule has 1 N–H and O–H groups in total. The monoisotopic (exact) mass is 254 g/mol. The van der Waals surface area contributed by atoms with Crippen molar-refractivity contribution in [1.29, 1.82) is 0 Å².